The van der Waals surface area contributed by atoms with Crippen LogP contribution in [0.2, 0.25) is 0 Å². The maximum atomic E-state index is 11.4. The van der Waals surface area contributed by atoms with Crippen molar-refractivity contribution in [3.8, 4) is 0 Å². The fourth-order valence-electron chi connectivity index (χ4n) is 1.36. The predicted octanol–water partition coefficient (Wildman–Crippen LogP) is 1.09. The molecule has 0 saturated carbocycles. The topological polar surface area (TPSA) is 66.9 Å². The summed E-state index contributed by atoms with van der Waals surface area (Å²) in [4.78, 5) is 11.4. The Morgan fingerprint density at radius 3 is 2.46 bits per heavy atom. The summed E-state index contributed by atoms with van der Waals surface area (Å²) in [5.74, 6) is -0.121. The first-order chi connectivity index (χ1) is 6.20. The average molecular weight is 172 g/mol. The zero-order valence-electron chi connectivity index (χ0n) is 6.87. The minimum Gasteiger partial charge on any atom is -0.397 e. The zero-order chi connectivity index (χ0) is 9.42. The minimum absolute atomic E-state index is 0.121. The second kappa shape index (κ2) is 2.55. The summed E-state index contributed by atoms with van der Waals surface area (Å²) in [6.45, 7) is 0. The Hall–Kier alpha value is -1.90. The van der Waals surface area contributed by atoms with Crippen molar-refractivity contribution >= 4 is 11.5 Å². The standard InChI is InChI=1S/C10H8N2O/c11-8-5-9(13)6-3-1-2-4-7(6)10(8)12/h1-5,12H,11H2. The zero-order valence-corrected chi connectivity index (χ0v) is 6.87. The Bertz CT molecular complexity index is 432. The molecule has 0 radical (unpaired) electrons. The highest BCUT2D eigenvalue weighted by atomic mass is 16.1. The van der Waals surface area contributed by atoms with E-state index in [1.165, 1.54) is 6.08 Å². The molecule has 0 aliphatic heterocycles. The minimum atomic E-state index is -0.121. The molecule has 3 nitrogen and oxygen atoms in total. The van der Waals surface area contributed by atoms with E-state index in [-0.39, 0.29) is 17.2 Å². The molecule has 64 valence electrons. The lowest BCUT2D eigenvalue weighted by Gasteiger charge is -2.13. The SMILES string of the molecule is N=C1C(N)=CC(=O)c2ccccc21. The Labute approximate surface area is 75.4 Å². The van der Waals surface area contributed by atoms with Crippen molar-refractivity contribution < 1.29 is 4.79 Å². The summed E-state index contributed by atoms with van der Waals surface area (Å²) in [5.41, 5.74) is 7.15. The molecule has 0 saturated heterocycles. The van der Waals surface area contributed by atoms with Gasteiger partial charge in [0, 0.05) is 17.2 Å². The summed E-state index contributed by atoms with van der Waals surface area (Å²) in [5, 5.41) is 7.62. The number of carbonyl (C=O) groups excluding carboxylic acids is 1. The number of nitrogens with two attached hydrogens (primary N) is 1. The number of hydrogen-bond acceptors (Lipinski definition) is 3. The number of allylic oxidation sites excluding steroid dienone is 2. The lowest BCUT2D eigenvalue weighted by molar-refractivity contribution is 0.104. The number of ketones is 1. The van der Waals surface area contributed by atoms with Crippen LogP contribution in [0.25, 0.3) is 0 Å². The van der Waals surface area contributed by atoms with Gasteiger partial charge in [0.15, 0.2) is 5.78 Å². The van der Waals surface area contributed by atoms with Crippen molar-refractivity contribution in [2.45, 2.75) is 0 Å². The van der Waals surface area contributed by atoms with E-state index in [9.17, 15) is 4.79 Å². The highest BCUT2D eigenvalue weighted by molar-refractivity contribution is 6.24. The smallest absolute Gasteiger partial charge is 0.188 e. The first-order valence-corrected chi connectivity index (χ1v) is 3.90. The van der Waals surface area contributed by atoms with E-state index in [2.05, 4.69) is 0 Å². The van der Waals surface area contributed by atoms with Crippen molar-refractivity contribution in [2.75, 3.05) is 0 Å². The average Bonchev–Trinajstić information content (AvgIpc) is 2.15. The van der Waals surface area contributed by atoms with Crippen molar-refractivity contribution in [1.82, 2.24) is 0 Å². The highest BCUT2D eigenvalue weighted by Crippen LogP contribution is 2.17. The predicted molar refractivity (Wildman–Crippen MR) is 49.9 cm³/mol. The number of carbonyl (C=O) groups is 1. The molecule has 0 bridgehead atoms. The van der Waals surface area contributed by atoms with E-state index in [1.54, 1.807) is 24.3 Å². The number of benzene rings is 1. The third-order valence-electron chi connectivity index (χ3n) is 2.04. The van der Waals surface area contributed by atoms with Gasteiger partial charge in [0.05, 0.1) is 11.4 Å². The molecule has 1 aliphatic rings. The van der Waals surface area contributed by atoms with E-state index in [4.69, 9.17) is 11.1 Å². The van der Waals surface area contributed by atoms with Crippen LogP contribution < -0.4 is 5.73 Å². The lowest BCUT2D eigenvalue weighted by Crippen LogP contribution is -2.21. The summed E-state index contributed by atoms with van der Waals surface area (Å²) in [6, 6.07) is 7.00. The summed E-state index contributed by atoms with van der Waals surface area (Å²) >= 11 is 0. The van der Waals surface area contributed by atoms with Gasteiger partial charge >= 0.3 is 0 Å². The second-order valence-electron chi connectivity index (χ2n) is 2.88. The van der Waals surface area contributed by atoms with Crippen molar-refractivity contribution in [3.05, 3.63) is 47.2 Å². The van der Waals surface area contributed by atoms with Gasteiger partial charge in [0.1, 0.15) is 0 Å². The van der Waals surface area contributed by atoms with E-state index in [0.717, 1.165) is 0 Å². The number of rotatable bonds is 0. The van der Waals surface area contributed by atoms with Crippen LogP contribution in [0.1, 0.15) is 15.9 Å². The van der Waals surface area contributed by atoms with Gasteiger partial charge < -0.3 is 5.73 Å². The molecule has 3 heteroatoms. The molecule has 1 aromatic rings. The van der Waals surface area contributed by atoms with Crippen LogP contribution in [0.4, 0.5) is 0 Å². The van der Waals surface area contributed by atoms with Gasteiger partial charge in [-0.3, -0.25) is 10.2 Å². The van der Waals surface area contributed by atoms with Crippen LogP contribution in [0.3, 0.4) is 0 Å². The summed E-state index contributed by atoms with van der Waals surface area (Å²) in [7, 11) is 0. The van der Waals surface area contributed by atoms with Gasteiger partial charge in [0.2, 0.25) is 0 Å². The third kappa shape index (κ3) is 1.05. The molecular formula is C10H8N2O. The van der Waals surface area contributed by atoms with Crippen LogP contribution in [-0.4, -0.2) is 11.5 Å². The van der Waals surface area contributed by atoms with Gasteiger partial charge in [-0.25, -0.2) is 0 Å². The Balaban J connectivity index is 2.69. The molecule has 0 aromatic heterocycles. The fraction of sp³-hybridized carbons (Fsp3) is 0. The number of hydrogen-bond donors (Lipinski definition) is 2. The van der Waals surface area contributed by atoms with Crippen LogP contribution in [0.15, 0.2) is 36.0 Å². The normalized spacial score (nSPS) is 15.2. The summed E-state index contributed by atoms with van der Waals surface area (Å²) < 4.78 is 0. The van der Waals surface area contributed by atoms with E-state index < -0.39 is 0 Å². The van der Waals surface area contributed by atoms with Gasteiger partial charge in [-0.2, -0.15) is 0 Å². The molecular weight excluding hydrogens is 164 g/mol. The van der Waals surface area contributed by atoms with Crippen molar-refractivity contribution in [2.24, 2.45) is 5.73 Å². The molecule has 2 rings (SSSR count). The number of nitrogens with one attached hydrogen (secondary N) is 1. The molecule has 0 spiro atoms. The highest BCUT2D eigenvalue weighted by Gasteiger charge is 2.19. The Morgan fingerprint density at radius 1 is 1.15 bits per heavy atom. The lowest BCUT2D eigenvalue weighted by atomic mass is 9.92. The van der Waals surface area contributed by atoms with Gasteiger partial charge in [-0.05, 0) is 0 Å². The van der Waals surface area contributed by atoms with E-state index in [0.29, 0.717) is 11.1 Å². The second-order valence-corrected chi connectivity index (χ2v) is 2.88. The van der Waals surface area contributed by atoms with Gasteiger partial charge in [-0.15, -0.1) is 0 Å². The van der Waals surface area contributed by atoms with Crippen LogP contribution in [0, 0.1) is 5.41 Å². The third-order valence-corrected chi connectivity index (χ3v) is 2.04. The fourth-order valence-corrected chi connectivity index (χ4v) is 1.36. The molecule has 0 atom stereocenters. The van der Waals surface area contributed by atoms with Crippen molar-refractivity contribution in [3.63, 3.8) is 0 Å². The molecule has 1 aliphatic carbocycles. The quantitative estimate of drug-likeness (QED) is 0.615. The molecule has 1 aromatic carbocycles. The first kappa shape index (κ1) is 7.73. The van der Waals surface area contributed by atoms with E-state index in [1.807, 2.05) is 0 Å². The van der Waals surface area contributed by atoms with Gasteiger partial charge in [-0.1, -0.05) is 24.3 Å². The van der Waals surface area contributed by atoms with Crippen molar-refractivity contribution in [1.29, 1.82) is 5.41 Å². The molecule has 3 N–H and O–H groups in total. The van der Waals surface area contributed by atoms with Gasteiger partial charge in [0.25, 0.3) is 0 Å². The summed E-state index contributed by atoms with van der Waals surface area (Å²) in [6.07, 6.45) is 1.30. The monoisotopic (exact) mass is 172 g/mol. The largest absolute Gasteiger partial charge is 0.397 e. The molecule has 0 fully saturated rings. The Kier molecular flexibility index (Phi) is 1.52. The Morgan fingerprint density at radius 2 is 1.77 bits per heavy atom. The van der Waals surface area contributed by atoms with Crippen LogP contribution in [0.5, 0.6) is 0 Å². The van der Waals surface area contributed by atoms with Crippen LogP contribution >= 0.6 is 0 Å². The molecule has 13 heavy (non-hydrogen) atoms. The maximum absolute atomic E-state index is 11.4. The number of fused-ring (bicyclic) bond motifs is 1. The van der Waals surface area contributed by atoms with Crippen LogP contribution in [-0.2, 0) is 0 Å². The first-order valence-electron chi connectivity index (χ1n) is 3.90. The molecule has 0 heterocycles. The maximum Gasteiger partial charge on any atom is 0.188 e. The van der Waals surface area contributed by atoms with E-state index >= 15 is 0 Å². The molecule has 0 amide bonds. The molecule has 0 unspecified atom stereocenters.